The van der Waals surface area contributed by atoms with E-state index >= 15 is 0 Å². The Morgan fingerprint density at radius 1 is 1.14 bits per heavy atom. The van der Waals surface area contributed by atoms with Crippen molar-refractivity contribution in [2.24, 2.45) is 0 Å². The fraction of sp³-hybridized carbons (Fsp3) is 0.200. The van der Waals surface area contributed by atoms with Gasteiger partial charge in [0.05, 0.1) is 10.6 Å². The van der Waals surface area contributed by atoms with E-state index in [0.717, 1.165) is 11.3 Å². The van der Waals surface area contributed by atoms with Crippen LogP contribution in [0.4, 0.5) is 9.52 Å². The first kappa shape index (κ1) is 21.1. The number of aromatic nitrogens is 1. The maximum atomic E-state index is 13.9. The first-order chi connectivity index (χ1) is 13.9. The Morgan fingerprint density at radius 2 is 1.86 bits per heavy atom. The van der Waals surface area contributed by atoms with Crippen LogP contribution in [0, 0.1) is 5.82 Å². The van der Waals surface area contributed by atoms with E-state index in [4.69, 9.17) is 0 Å². The van der Waals surface area contributed by atoms with Crippen LogP contribution in [0.1, 0.15) is 24.2 Å². The highest BCUT2D eigenvalue weighted by molar-refractivity contribution is 7.89. The summed E-state index contributed by atoms with van der Waals surface area (Å²) in [6, 6.07) is 12.1. The molecule has 2 aromatic carbocycles. The molecule has 0 aliphatic carbocycles. The van der Waals surface area contributed by atoms with Crippen LogP contribution in [0.15, 0.2) is 58.8 Å². The molecule has 0 bridgehead atoms. The lowest BCUT2D eigenvalue weighted by atomic mass is 10.2. The van der Waals surface area contributed by atoms with Crippen molar-refractivity contribution in [3.05, 3.63) is 65.3 Å². The first-order valence-corrected chi connectivity index (χ1v) is 11.3. The van der Waals surface area contributed by atoms with Crippen LogP contribution in [0.25, 0.3) is 11.3 Å². The average molecular weight is 434 g/mol. The topological polar surface area (TPSA) is 79.4 Å². The Morgan fingerprint density at radius 3 is 2.55 bits per heavy atom. The third-order valence-corrected chi connectivity index (χ3v) is 7.12. The van der Waals surface area contributed by atoms with Crippen molar-refractivity contribution in [3.8, 4) is 11.3 Å². The second kappa shape index (κ2) is 8.81. The molecule has 9 heteroatoms. The summed E-state index contributed by atoms with van der Waals surface area (Å²) in [7, 11) is -3.67. The summed E-state index contributed by atoms with van der Waals surface area (Å²) in [5, 5.41) is 4.59. The Labute approximate surface area is 173 Å². The Hall–Kier alpha value is -2.62. The van der Waals surface area contributed by atoms with Crippen LogP contribution in [0.2, 0.25) is 0 Å². The molecule has 0 fully saturated rings. The normalized spacial score (nSPS) is 11.6. The van der Waals surface area contributed by atoms with Crippen LogP contribution < -0.4 is 5.32 Å². The van der Waals surface area contributed by atoms with Crippen LogP contribution in [0.5, 0.6) is 0 Å². The Bertz CT molecular complexity index is 1130. The maximum Gasteiger partial charge on any atom is 0.257 e. The van der Waals surface area contributed by atoms with E-state index in [1.165, 1.54) is 34.6 Å². The maximum absolute atomic E-state index is 13.9. The van der Waals surface area contributed by atoms with Gasteiger partial charge in [-0.15, -0.1) is 11.3 Å². The SMILES string of the molecule is CCN(CC)S(=O)(=O)c1cccc(C(=O)Nc2nc(-c3ccccc3F)cs2)c1. The minimum absolute atomic E-state index is 0.0556. The highest BCUT2D eigenvalue weighted by Gasteiger charge is 2.22. The predicted octanol–water partition coefficient (Wildman–Crippen LogP) is 4.23. The minimum Gasteiger partial charge on any atom is -0.298 e. The fourth-order valence-corrected chi connectivity index (χ4v) is 5.01. The van der Waals surface area contributed by atoms with Crippen LogP contribution >= 0.6 is 11.3 Å². The van der Waals surface area contributed by atoms with Crippen LogP contribution in [-0.2, 0) is 10.0 Å². The van der Waals surface area contributed by atoms with Gasteiger partial charge in [0.2, 0.25) is 10.0 Å². The van der Waals surface area contributed by atoms with Gasteiger partial charge in [-0.2, -0.15) is 4.31 Å². The first-order valence-electron chi connectivity index (χ1n) is 8.98. The Balaban J connectivity index is 1.81. The summed E-state index contributed by atoms with van der Waals surface area (Å²) in [6.45, 7) is 4.20. The van der Waals surface area contributed by atoms with Gasteiger partial charge in [0.1, 0.15) is 5.82 Å². The predicted molar refractivity (Wildman–Crippen MR) is 112 cm³/mol. The zero-order valence-electron chi connectivity index (χ0n) is 15.9. The molecule has 0 spiro atoms. The van der Waals surface area contributed by atoms with E-state index in [-0.39, 0.29) is 10.5 Å². The summed E-state index contributed by atoms with van der Waals surface area (Å²) in [5.41, 5.74) is 0.957. The van der Waals surface area contributed by atoms with Crippen LogP contribution in [0.3, 0.4) is 0 Å². The third kappa shape index (κ3) is 4.52. The van der Waals surface area contributed by atoms with Gasteiger partial charge in [-0.05, 0) is 30.3 Å². The molecule has 0 saturated carbocycles. The van der Waals surface area contributed by atoms with Gasteiger partial charge in [0, 0.05) is 29.6 Å². The van der Waals surface area contributed by atoms with E-state index in [9.17, 15) is 17.6 Å². The zero-order valence-corrected chi connectivity index (χ0v) is 17.6. The number of rotatable bonds is 7. The fourth-order valence-electron chi connectivity index (χ4n) is 2.80. The van der Waals surface area contributed by atoms with Crippen molar-refractivity contribution in [1.29, 1.82) is 0 Å². The smallest absolute Gasteiger partial charge is 0.257 e. The van der Waals surface area contributed by atoms with Crippen molar-refractivity contribution in [2.75, 3.05) is 18.4 Å². The lowest BCUT2D eigenvalue weighted by Crippen LogP contribution is -2.30. The van der Waals surface area contributed by atoms with Gasteiger partial charge in [-0.3, -0.25) is 10.1 Å². The number of nitrogens with zero attached hydrogens (tertiary/aromatic N) is 2. The number of carbonyl (C=O) groups is 1. The average Bonchev–Trinajstić information content (AvgIpc) is 3.17. The number of nitrogens with one attached hydrogen (secondary N) is 1. The molecule has 0 radical (unpaired) electrons. The lowest BCUT2D eigenvalue weighted by Gasteiger charge is -2.18. The molecule has 1 heterocycles. The third-order valence-electron chi connectivity index (χ3n) is 4.31. The van der Waals surface area contributed by atoms with E-state index in [0.29, 0.717) is 29.5 Å². The molecule has 1 amide bonds. The number of hydrogen-bond acceptors (Lipinski definition) is 5. The molecule has 1 aromatic heterocycles. The molecule has 0 saturated heterocycles. The van der Waals surface area contributed by atoms with Gasteiger partial charge < -0.3 is 0 Å². The molecule has 152 valence electrons. The minimum atomic E-state index is -3.67. The molecular formula is C20H20FN3O3S2. The number of amides is 1. The van der Waals surface area contributed by atoms with Crippen molar-refractivity contribution < 1.29 is 17.6 Å². The molecule has 6 nitrogen and oxygen atoms in total. The monoisotopic (exact) mass is 433 g/mol. The molecule has 0 unspecified atom stereocenters. The number of anilines is 1. The number of sulfonamides is 1. The summed E-state index contributed by atoms with van der Waals surface area (Å²) < 4.78 is 40.6. The van der Waals surface area contributed by atoms with Crippen molar-refractivity contribution in [2.45, 2.75) is 18.7 Å². The van der Waals surface area contributed by atoms with Gasteiger partial charge in [-0.25, -0.2) is 17.8 Å². The van der Waals surface area contributed by atoms with Gasteiger partial charge >= 0.3 is 0 Å². The molecule has 3 aromatic rings. The standard InChI is InChI=1S/C20H20FN3O3S2/c1-3-24(4-2)29(26,27)15-9-7-8-14(12-15)19(25)23-20-22-18(13-28-20)16-10-5-6-11-17(16)21/h5-13H,3-4H2,1-2H3,(H,22,23,25). The highest BCUT2D eigenvalue weighted by Crippen LogP contribution is 2.27. The van der Waals surface area contributed by atoms with E-state index in [1.807, 2.05) is 0 Å². The Kier molecular flexibility index (Phi) is 6.41. The van der Waals surface area contributed by atoms with Gasteiger partial charge in [0.15, 0.2) is 5.13 Å². The number of thiazole rings is 1. The summed E-state index contributed by atoms with van der Waals surface area (Å²) in [6.07, 6.45) is 0. The van der Waals surface area contributed by atoms with Gasteiger partial charge in [-0.1, -0.05) is 32.0 Å². The molecule has 0 aliphatic rings. The van der Waals surface area contributed by atoms with Crippen molar-refractivity contribution >= 4 is 32.4 Å². The molecule has 0 atom stereocenters. The highest BCUT2D eigenvalue weighted by atomic mass is 32.2. The molecule has 29 heavy (non-hydrogen) atoms. The molecule has 1 N–H and O–H groups in total. The lowest BCUT2D eigenvalue weighted by molar-refractivity contribution is 0.102. The van der Waals surface area contributed by atoms with E-state index in [1.54, 1.807) is 37.4 Å². The number of hydrogen-bond donors (Lipinski definition) is 1. The largest absolute Gasteiger partial charge is 0.298 e. The summed E-state index contributed by atoms with van der Waals surface area (Å²) in [4.78, 5) is 16.9. The summed E-state index contributed by atoms with van der Waals surface area (Å²) in [5.74, 6) is -0.888. The zero-order chi connectivity index (χ0) is 21.0. The summed E-state index contributed by atoms with van der Waals surface area (Å²) >= 11 is 1.16. The number of halogens is 1. The molecule has 3 rings (SSSR count). The second-order valence-corrected chi connectivity index (χ2v) is 8.89. The van der Waals surface area contributed by atoms with E-state index in [2.05, 4.69) is 10.3 Å². The van der Waals surface area contributed by atoms with Crippen molar-refractivity contribution in [1.82, 2.24) is 9.29 Å². The van der Waals surface area contributed by atoms with Crippen molar-refractivity contribution in [3.63, 3.8) is 0 Å². The molecule has 0 aliphatic heterocycles. The number of carbonyl (C=O) groups excluding carboxylic acids is 1. The van der Waals surface area contributed by atoms with E-state index < -0.39 is 21.7 Å². The van der Waals surface area contributed by atoms with Crippen LogP contribution in [-0.4, -0.2) is 36.7 Å². The second-order valence-electron chi connectivity index (χ2n) is 6.09. The number of benzene rings is 2. The quantitative estimate of drug-likeness (QED) is 0.605. The molecular weight excluding hydrogens is 413 g/mol. The van der Waals surface area contributed by atoms with Gasteiger partial charge in [0.25, 0.3) is 5.91 Å².